The Balaban J connectivity index is 4.05. The zero-order chi connectivity index (χ0) is 7.28. The van der Waals surface area contributed by atoms with Gasteiger partial charge in [-0.05, 0) is 58.0 Å². The fourth-order valence-electron chi connectivity index (χ4n) is 0.256. The van der Waals surface area contributed by atoms with Gasteiger partial charge < -0.3 is 5.73 Å². The summed E-state index contributed by atoms with van der Waals surface area (Å²) in [5.74, 6) is 0. The summed E-state index contributed by atoms with van der Waals surface area (Å²) in [5, 5.41) is 0. The molecule has 9 heavy (non-hydrogen) atoms. The van der Waals surface area contributed by atoms with Crippen molar-refractivity contribution in [1.29, 1.82) is 0 Å². The van der Waals surface area contributed by atoms with Gasteiger partial charge in [0.2, 0.25) is 0 Å². The van der Waals surface area contributed by atoms with Gasteiger partial charge in [0.25, 0.3) is 0 Å². The van der Waals surface area contributed by atoms with E-state index in [1.54, 1.807) is 6.20 Å². The third-order valence-corrected chi connectivity index (χ3v) is 1.39. The van der Waals surface area contributed by atoms with Gasteiger partial charge in [0.15, 0.2) is 0 Å². The fourth-order valence-corrected chi connectivity index (χ4v) is 1.72. The Bertz CT molecular complexity index is 156. The number of nitrogens with zero attached hydrogens (tertiary/aromatic N) is 1. The van der Waals surface area contributed by atoms with E-state index in [1.807, 2.05) is 28.7 Å². The van der Waals surface area contributed by atoms with Gasteiger partial charge in [0.05, 0.1) is 3.70 Å². The summed E-state index contributed by atoms with van der Waals surface area (Å²) in [6, 6.07) is 0. The predicted octanol–water partition coefficient (Wildman–Crippen LogP) is 2.20. The molecule has 0 heterocycles. The van der Waals surface area contributed by atoms with Gasteiger partial charge in [-0.1, -0.05) is 0 Å². The van der Waals surface area contributed by atoms with E-state index in [0.29, 0.717) is 0 Å². The average molecular weight is 348 g/mol. The van der Waals surface area contributed by atoms with Gasteiger partial charge in [0.1, 0.15) is 0 Å². The Morgan fingerprint density at radius 3 is 2.44 bits per heavy atom. The molecule has 50 valence electrons. The third kappa shape index (κ3) is 6.29. The average Bonchev–Trinajstić information content (AvgIpc) is 1.63. The first-order valence-corrected chi connectivity index (χ1v) is 4.26. The van der Waals surface area contributed by atoms with Gasteiger partial charge in [-0.3, -0.25) is 4.99 Å². The molecule has 0 radical (unpaired) electrons. The Morgan fingerprint density at radius 2 is 2.11 bits per heavy atom. The topological polar surface area (TPSA) is 38.4 Å². The van der Waals surface area contributed by atoms with Crippen LogP contribution in [-0.4, -0.2) is 6.72 Å². The van der Waals surface area contributed by atoms with Crippen LogP contribution in [0.2, 0.25) is 0 Å². The molecule has 0 aliphatic carbocycles. The van der Waals surface area contributed by atoms with E-state index in [9.17, 15) is 0 Å². The van der Waals surface area contributed by atoms with Crippen LogP contribution in [0.4, 0.5) is 0 Å². The summed E-state index contributed by atoms with van der Waals surface area (Å²) in [6.07, 6.45) is 3.46. The van der Waals surface area contributed by atoms with E-state index < -0.39 is 0 Å². The maximum atomic E-state index is 5.36. The highest BCUT2D eigenvalue weighted by atomic mass is 127. The van der Waals surface area contributed by atoms with Crippen molar-refractivity contribution >= 4 is 51.9 Å². The number of hydrogen-bond acceptors (Lipinski definition) is 2. The van der Waals surface area contributed by atoms with Crippen LogP contribution in [0.5, 0.6) is 0 Å². The molecule has 0 unspecified atom stereocenters. The maximum Gasteiger partial charge on any atom is 0.0716 e. The smallest absolute Gasteiger partial charge is 0.0716 e. The molecular formula is C5H6I2N2. The Hall–Kier alpha value is 0.410. The molecule has 0 spiro atoms. The van der Waals surface area contributed by atoms with E-state index in [4.69, 9.17) is 5.73 Å². The Labute approximate surface area is 81.6 Å². The Kier molecular flexibility index (Phi) is 5.45. The molecule has 2 nitrogen and oxygen atoms in total. The number of nitrogens with two attached hydrogens (primary N) is 1. The number of rotatable bonds is 2. The first kappa shape index (κ1) is 9.41. The standard InChI is InChI=1S/C5H6I2N2/c1-9-3-4(6)2-5(7)8/h2-3H,1,8H2/b4-3+,5-2-. The van der Waals surface area contributed by atoms with Crippen LogP contribution in [0.3, 0.4) is 0 Å². The summed E-state index contributed by atoms with van der Waals surface area (Å²) in [5.41, 5.74) is 5.36. The zero-order valence-corrected chi connectivity index (χ0v) is 8.96. The first-order chi connectivity index (χ1) is 4.16. The van der Waals surface area contributed by atoms with Crippen LogP contribution in [0, 0.1) is 0 Å². The monoisotopic (exact) mass is 348 g/mol. The molecule has 0 aromatic rings. The van der Waals surface area contributed by atoms with Gasteiger partial charge in [0, 0.05) is 9.78 Å². The molecular weight excluding hydrogens is 342 g/mol. The fraction of sp³-hybridized carbons (Fsp3) is 0. The van der Waals surface area contributed by atoms with Gasteiger partial charge >= 0.3 is 0 Å². The summed E-state index contributed by atoms with van der Waals surface area (Å²) in [6.45, 7) is 3.30. The summed E-state index contributed by atoms with van der Waals surface area (Å²) >= 11 is 4.15. The lowest BCUT2D eigenvalue weighted by Crippen LogP contribution is -1.84. The lowest BCUT2D eigenvalue weighted by Gasteiger charge is -1.85. The van der Waals surface area contributed by atoms with Crippen LogP contribution >= 0.6 is 45.2 Å². The van der Waals surface area contributed by atoms with Crippen molar-refractivity contribution in [2.75, 3.05) is 0 Å². The summed E-state index contributed by atoms with van der Waals surface area (Å²) in [4.78, 5) is 3.57. The van der Waals surface area contributed by atoms with Crippen LogP contribution in [0.25, 0.3) is 0 Å². The minimum Gasteiger partial charge on any atom is -0.394 e. The lowest BCUT2D eigenvalue weighted by atomic mass is 10.6. The van der Waals surface area contributed by atoms with Gasteiger partial charge in [-0.25, -0.2) is 0 Å². The Morgan fingerprint density at radius 1 is 1.56 bits per heavy atom. The molecule has 0 fully saturated rings. The van der Waals surface area contributed by atoms with Crippen molar-refractivity contribution in [3.8, 4) is 0 Å². The van der Waals surface area contributed by atoms with E-state index in [0.717, 1.165) is 7.28 Å². The summed E-state index contributed by atoms with van der Waals surface area (Å²) in [7, 11) is 0. The van der Waals surface area contributed by atoms with Crippen molar-refractivity contribution in [3.63, 3.8) is 0 Å². The highest BCUT2D eigenvalue weighted by molar-refractivity contribution is 14.1. The second kappa shape index (κ2) is 5.21. The highest BCUT2D eigenvalue weighted by Crippen LogP contribution is 2.11. The number of halogens is 2. The molecule has 0 saturated heterocycles. The summed E-state index contributed by atoms with van der Waals surface area (Å²) < 4.78 is 1.73. The molecule has 0 aliphatic rings. The minimum atomic E-state index is 0.747. The van der Waals surface area contributed by atoms with E-state index in [2.05, 4.69) is 34.3 Å². The SMILES string of the molecule is C=N/C=C(I)\C=C(/N)I. The first-order valence-electron chi connectivity index (χ1n) is 2.11. The molecule has 0 aromatic heterocycles. The largest absolute Gasteiger partial charge is 0.394 e. The number of aliphatic imine (C=N–C) groups is 1. The molecule has 0 amide bonds. The van der Waals surface area contributed by atoms with Crippen LogP contribution in [0.1, 0.15) is 0 Å². The van der Waals surface area contributed by atoms with Crippen molar-refractivity contribution in [2.45, 2.75) is 0 Å². The predicted molar refractivity (Wildman–Crippen MR) is 57.9 cm³/mol. The second-order valence-electron chi connectivity index (χ2n) is 1.23. The van der Waals surface area contributed by atoms with Crippen LogP contribution < -0.4 is 5.73 Å². The minimum absolute atomic E-state index is 0.747. The number of allylic oxidation sites excluding steroid dienone is 2. The van der Waals surface area contributed by atoms with Crippen LogP contribution in [-0.2, 0) is 0 Å². The quantitative estimate of drug-likeness (QED) is 0.353. The van der Waals surface area contributed by atoms with Crippen molar-refractivity contribution in [3.05, 3.63) is 19.6 Å². The van der Waals surface area contributed by atoms with Gasteiger partial charge in [-0.2, -0.15) is 0 Å². The van der Waals surface area contributed by atoms with Crippen molar-refractivity contribution in [2.24, 2.45) is 10.7 Å². The highest BCUT2D eigenvalue weighted by Gasteiger charge is 1.83. The molecule has 0 atom stereocenters. The zero-order valence-electron chi connectivity index (χ0n) is 4.64. The van der Waals surface area contributed by atoms with E-state index >= 15 is 0 Å². The van der Waals surface area contributed by atoms with Crippen molar-refractivity contribution in [1.82, 2.24) is 0 Å². The third-order valence-electron chi connectivity index (χ3n) is 0.490. The van der Waals surface area contributed by atoms with E-state index in [-0.39, 0.29) is 0 Å². The normalized spacial score (nSPS) is 13.6. The van der Waals surface area contributed by atoms with Crippen molar-refractivity contribution < 1.29 is 0 Å². The van der Waals surface area contributed by atoms with Gasteiger partial charge in [-0.15, -0.1) is 0 Å². The molecule has 0 aliphatic heterocycles. The van der Waals surface area contributed by atoms with E-state index in [1.165, 1.54) is 0 Å². The molecule has 2 N–H and O–H groups in total. The second-order valence-corrected chi connectivity index (χ2v) is 3.72. The lowest BCUT2D eigenvalue weighted by molar-refractivity contribution is 1.55. The molecule has 0 saturated carbocycles. The number of hydrogen-bond donors (Lipinski definition) is 1. The molecule has 0 aromatic carbocycles. The molecule has 0 rings (SSSR count). The molecule has 0 bridgehead atoms. The maximum absolute atomic E-state index is 5.36. The van der Waals surface area contributed by atoms with Crippen LogP contribution in [0.15, 0.2) is 24.6 Å². The molecule has 4 heteroatoms.